The maximum absolute atomic E-state index is 12.6. The van der Waals surface area contributed by atoms with Crippen LogP contribution < -0.4 is 11.1 Å². The van der Waals surface area contributed by atoms with Crippen molar-refractivity contribution >= 4 is 0 Å². The Kier molecular flexibility index (Phi) is 9.92. The van der Waals surface area contributed by atoms with Crippen molar-refractivity contribution in [3.63, 3.8) is 0 Å². The van der Waals surface area contributed by atoms with E-state index in [1.807, 2.05) is 13.8 Å². The van der Waals surface area contributed by atoms with Gasteiger partial charge in [-0.05, 0) is 61.4 Å². The number of halogens is 6. The number of hydrogen-bond donors (Lipinski definition) is 4. The van der Waals surface area contributed by atoms with E-state index in [4.69, 9.17) is 0 Å². The van der Waals surface area contributed by atoms with Crippen molar-refractivity contribution in [1.29, 1.82) is 0 Å². The lowest BCUT2D eigenvalue weighted by atomic mass is 9.96. The number of hydrogen-bond acceptors (Lipinski definition) is 6. The van der Waals surface area contributed by atoms with Gasteiger partial charge in [-0.15, -0.1) is 0 Å². The summed E-state index contributed by atoms with van der Waals surface area (Å²) >= 11 is 0. The number of alkyl halides is 6. The van der Waals surface area contributed by atoms with Crippen molar-refractivity contribution in [2.45, 2.75) is 51.9 Å². The lowest BCUT2D eigenvalue weighted by Gasteiger charge is -2.12. The molecule has 6 rings (SSSR count). The van der Waals surface area contributed by atoms with Gasteiger partial charge in [0.05, 0.1) is 22.5 Å². The number of benzene rings is 2. The number of nitrogens with one attached hydrogen (secondary N) is 4. The summed E-state index contributed by atoms with van der Waals surface area (Å²) in [7, 11) is 0. The molecule has 16 heteroatoms. The monoisotopic (exact) mass is 696 g/mol. The van der Waals surface area contributed by atoms with Gasteiger partial charge >= 0.3 is 12.4 Å². The number of aryl methyl sites for hydroxylation is 2. The Balaban J connectivity index is 0.000000194. The van der Waals surface area contributed by atoms with E-state index in [9.17, 15) is 35.9 Å². The summed E-state index contributed by atoms with van der Waals surface area (Å²) in [6.07, 6.45) is -8.71. The number of rotatable bonds is 6. The second kappa shape index (κ2) is 14.0. The van der Waals surface area contributed by atoms with Gasteiger partial charge in [0.2, 0.25) is 0 Å². The predicted molar refractivity (Wildman–Crippen MR) is 172 cm³/mol. The van der Waals surface area contributed by atoms with E-state index < -0.39 is 23.5 Å². The van der Waals surface area contributed by atoms with Crippen LogP contribution in [0.25, 0.3) is 22.8 Å². The Morgan fingerprint density at radius 3 is 1.18 bits per heavy atom. The number of nitrogens with zero attached hydrogens (tertiary/aromatic N) is 4. The summed E-state index contributed by atoms with van der Waals surface area (Å²) in [6, 6.07) is 16.2. The third kappa shape index (κ3) is 8.43. The highest BCUT2D eigenvalue weighted by molar-refractivity contribution is 5.55. The zero-order valence-electron chi connectivity index (χ0n) is 27.0. The quantitative estimate of drug-likeness (QED) is 0.135. The first-order valence-corrected chi connectivity index (χ1v) is 15.1. The van der Waals surface area contributed by atoms with Crippen LogP contribution in [0.3, 0.4) is 0 Å². The molecule has 0 spiro atoms. The van der Waals surface area contributed by atoms with Crippen LogP contribution in [-0.2, 0) is 12.4 Å². The van der Waals surface area contributed by atoms with Gasteiger partial charge in [-0.25, -0.2) is 9.97 Å². The smallest absolute Gasteiger partial charge is 0.311 e. The summed E-state index contributed by atoms with van der Waals surface area (Å²) in [6.45, 7) is 7.05. The normalized spacial score (nSPS) is 13.0. The van der Waals surface area contributed by atoms with Crippen molar-refractivity contribution in [2.75, 3.05) is 0 Å². The summed E-state index contributed by atoms with van der Waals surface area (Å²) < 4.78 is 75.9. The van der Waals surface area contributed by atoms with E-state index in [1.165, 1.54) is 36.4 Å². The van der Waals surface area contributed by atoms with Crippen molar-refractivity contribution in [1.82, 2.24) is 40.3 Å². The van der Waals surface area contributed by atoms with Gasteiger partial charge in [0.25, 0.3) is 11.1 Å². The standard InChI is InChI=1S/2C17H15F3N4O/c2*1-9(11-3-5-12(6-4-11)17(18,19)20)13-7-15(24-23-13)14-8-16(25)22-10(2)21-14/h2*3-9H,1-2H3,(H,23,24)(H,21,22,25)/t2*9-/m10/s1. The van der Waals surface area contributed by atoms with E-state index in [0.29, 0.717) is 34.4 Å². The second-order valence-corrected chi connectivity index (χ2v) is 11.5. The van der Waals surface area contributed by atoms with Gasteiger partial charge in [-0.2, -0.15) is 36.5 Å². The third-order valence-corrected chi connectivity index (χ3v) is 7.85. The largest absolute Gasteiger partial charge is 0.416 e. The molecule has 4 heterocycles. The molecule has 4 aromatic heterocycles. The number of aromatic nitrogens is 8. The SMILES string of the molecule is Cc1nc(-c2cc([C@@H](C)c3ccc(C(F)(F)F)cc3)[nH]n2)cc(=O)[nH]1.Cc1nc(-c2cc([C@H](C)c3ccc(C(F)(F)F)cc3)[nH]n2)cc(=O)[nH]1. The van der Waals surface area contributed by atoms with E-state index >= 15 is 0 Å². The van der Waals surface area contributed by atoms with Gasteiger partial charge in [0.15, 0.2) is 0 Å². The van der Waals surface area contributed by atoms with Gasteiger partial charge < -0.3 is 9.97 Å². The van der Waals surface area contributed by atoms with Gasteiger partial charge in [0.1, 0.15) is 23.0 Å². The zero-order chi connectivity index (χ0) is 36.4. The zero-order valence-corrected chi connectivity index (χ0v) is 27.0. The first-order chi connectivity index (χ1) is 23.5. The molecular formula is C34H30F6N8O2. The van der Waals surface area contributed by atoms with Crippen molar-refractivity contribution < 1.29 is 26.3 Å². The molecule has 10 nitrogen and oxygen atoms in total. The Morgan fingerprint density at radius 2 is 0.880 bits per heavy atom. The molecule has 0 amide bonds. The summed E-state index contributed by atoms with van der Waals surface area (Å²) in [5.41, 5.74) is 2.83. The van der Waals surface area contributed by atoms with E-state index in [-0.39, 0.29) is 23.0 Å². The predicted octanol–water partition coefficient (Wildman–Crippen LogP) is 7.28. The summed E-state index contributed by atoms with van der Waals surface area (Å²) in [5, 5.41) is 14.0. The molecule has 50 heavy (non-hydrogen) atoms. The summed E-state index contributed by atoms with van der Waals surface area (Å²) in [5.74, 6) is 0.573. The maximum atomic E-state index is 12.6. The van der Waals surface area contributed by atoms with E-state index in [2.05, 4.69) is 40.3 Å². The van der Waals surface area contributed by atoms with Crippen LogP contribution in [-0.4, -0.2) is 40.3 Å². The molecule has 0 aliphatic carbocycles. The lowest BCUT2D eigenvalue weighted by Crippen LogP contribution is -2.08. The Labute approximate surface area is 280 Å². The summed E-state index contributed by atoms with van der Waals surface area (Å²) in [4.78, 5) is 36.6. The second-order valence-electron chi connectivity index (χ2n) is 11.5. The molecule has 0 aliphatic heterocycles. The van der Waals surface area contributed by atoms with Crippen LogP contribution in [0.1, 0.15) is 71.0 Å². The molecule has 2 atom stereocenters. The molecule has 2 aromatic carbocycles. The van der Waals surface area contributed by atoms with Crippen molar-refractivity contribution in [3.05, 3.63) is 139 Å². The molecule has 6 aromatic rings. The molecule has 4 N–H and O–H groups in total. The van der Waals surface area contributed by atoms with E-state index in [1.54, 1.807) is 26.0 Å². The van der Waals surface area contributed by atoms with Crippen LogP contribution in [0, 0.1) is 13.8 Å². The van der Waals surface area contributed by atoms with Crippen molar-refractivity contribution in [2.24, 2.45) is 0 Å². The highest BCUT2D eigenvalue weighted by Gasteiger charge is 2.31. The molecular weight excluding hydrogens is 666 g/mol. The lowest BCUT2D eigenvalue weighted by molar-refractivity contribution is -0.138. The fourth-order valence-electron chi connectivity index (χ4n) is 5.08. The minimum Gasteiger partial charge on any atom is -0.311 e. The number of aromatic amines is 4. The number of H-pyrrole nitrogens is 4. The van der Waals surface area contributed by atoms with Crippen LogP contribution in [0.2, 0.25) is 0 Å². The third-order valence-electron chi connectivity index (χ3n) is 7.85. The van der Waals surface area contributed by atoms with Crippen LogP contribution >= 0.6 is 0 Å². The van der Waals surface area contributed by atoms with Crippen molar-refractivity contribution in [3.8, 4) is 22.8 Å². The fraction of sp³-hybridized carbons (Fsp3) is 0.235. The Hall–Kier alpha value is -5.80. The van der Waals surface area contributed by atoms with E-state index in [0.717, 1.165) is 46.8 Å². The molecule has 0 bridgehead atoms. The average Bonchev–Trinajstić information content (AvgIpc) is 3.74. The van der Waals surface area contributed by atoms with Gasteiger partial charge in [0, 0.05) is 35.4 Å². The minimum atomic E-state index is -4.35. The topological polar surface area (TPSA) is 149 Å². The Bertz CT molecular complexity index is 2040. The minimum absolute atomic E-state index is 0.188. The molecule has 0 fully saturated rings. The molecule has 0 saturated heterocycles. The first kappa shape index (κ1) is 35.5. The van der Waals surface area contributed by atoms with Crippen LogP contribution in [0.15, 0.2) is 82.4 Å². The molecule has 0 unspecified atom stereocenters. The fourth-order valence-corrected chi connectivity index (χ4v) is 5.08. The van der Waals surface area contributed by atoms with Gasteiger partial charge in [-0.1, -0.05) is 38.1 Å². The Morgan fingerprint density at radius 1 is 0.540 bits per heavy atom. The van der Waals surface area contributed by atoms with Crippen LogP contribution in [0.5, 0.6) is 0 Å². The van der Waals surface area contributed by atoms with Gasteiger partial charge in [-0.3, -0.25) is 19.8 Å². The highest BCUT2D eigenvalue weighted by atomic mass is 19.4. The molecule has 0 radical (unpaired) electrons. The maximum Gasteiger partial charge on any atom is 0.416 e. The average molecular weight is 697 g/mol. The first-order valence-electron chi connectivity index (χ1n) is 15.1. The molecule has 0 aliphatic rings. The highest BCUT2D eigenvalue weighted by Crippen LogP contribution is 2.33. The molecule has 260 valence electrons. The van der Waals surface area contributed by atoms with Crippen LogP contribution in [0.4, 0.5) is 26.3 Å². The molecule has 0 saturated carbocycles.